The van der Waals surface area contributed by atoms with Crippen LogP contribution in [0, 0.1) is 0 Å². The first kappa shape index (κ1) is 14.2. The number of aromatic nitrogens is 1. The minimum absolute atomic E-state index is 0.631. The van der Waals surface area contributed by atoms with Gasteiger partial charge in [-0.15, -0.1) is 0 Å². The number of ether oxygens (including phenoxy) is 2. The Labute approximate surface area is 119 Å². The maximum Gasteiger partial charge on any atom is 0.212 e. The molecule has 0 aliphatic carbocycles. The third-order valence-electron chi connectivity index (χ3n) is 2.83. The van der Waals surface area contributed by atoms with Gasteiger partial charge in [-0.05, 0) is 36.2 Å². The highest BCUT2D eigenvalue weighted by Gasteiger charge is 1.98. The van der Waals surface area contributed by atoms with Gasteiger partial charge in [0.2, 0.25) is 5.88 Å². The smallest absolute Gasteiger partial charge is 0.212 e. The molecule has 0 spiro atoms. The molecular weight excluding hydrogens is 252 g/mol. The zero-order valence-corrected chi connectivity index (χ0v) is 11.9. The van der Waals surface area contributed by atoms with E-state index in [0.717, 1.165) is 36.6 Å². The number of benzene rings is 1. The summed E-state index contributed by atoms with van der Waals surface area (Å²) in [5, 5.41) is 3.35. The lowest BCUT2D eigenvalue weighted by Crippen LogP contribution is -2.00. The number of methoxy groups -OCH3 is 1. The van der Waals surface area contributed by atoms with Crippen molar-refractivity contribution in [3.63, 3.8) is 0 Å². The van der Waals surface area contributed by atoms with E-state index in [-0.39, 0.29) is 0 Å². The van der Waals surface area contributed by atoms with Crippen LogP contribution in [-0.2, 0) is 6.54 Å². The molecule has 4 nitrogen and oxygen atoms in total. The maximum atomic E-state index is 5.55. The number of anilines is 1. The van der Waals surface area contributed by atoms with Crippen LogP contribution in [0.4, 0.5) is 5.69 Å². The molecule has 2 aromatic rings. The quantitative estimate of drug-likeness (QED) is 0.838. The first-order valence-electron chi connectivity index (χ1n) is 6.77. The van der Waals surface area contributed by atoms with Crippen LogP contribution in [0.15, 0.2) is 42.6 Å². The van der Waals surface area contributed by atoms with Gasteiger partial charge in [0.05, 0.1) is 13.7 Å². The fourth-order valence-corrected chi connectivity index (χ4v) is 1.73. The van der Waals surface area contributed by atoms with E-state index in [1.807, 2.05) is 42.6 Å². The van der Waals surface area contributed by atoms with Gasteiger partial charge in [-0.1, -0.05) is 13.0 Å². The Balaban J connectivity index is 1.86. The van der Waals surface area contributed by atoms with Crippen LogP contribution in [0.1, 0.15) is 18.9 Å². The molecule has 20 heavy (non-hydrogen) atoms. The van der Waals surface area contributed by atoms with Crippen LogP contribution in [-0.4, -0.2) is 18.7 Å². The molecule has 0 radical (unpaired) electrons. The average molecular weight is 272 g/mol. The molecule has 0 saturated carbocycles. The molecule has 2 rings (SSSR count). The third-order valence-corrected chi connectivity index (χ3v) is 2.83. The largest absolute Gasteiger partial charge is 0.494 e. The van der Waals surface area contributed by atoms with Gasteiger partial charge >= 0.3 is 0 Å². The minimum Gasteiger partial charge on any atom is -0.494 e. The number of nitrogens with one attached hydrogen (secondary N) is 1. The Kier molecular flexibility index (Phi) is 5.24. The molecule has 4 heteroatoms. The highest BCUT2D eigenvalue weighted by Crippen LogP contribution is 2.17. The first-order valence-corrected chi connectivity index (χ1v) is 6.77. The summed E-state index contributed by atoms with van der Waals surface area (Å²) in [6, 6.07) is 11.8. The second-order valence-electron chi connectivity index (χ2n) is 4.44. The summed E-state index contributed by atoms with van der Waals surface area (Å²) in [4.78, 5) is 4.18. The maximum absolute atomic E-state index is 5.55. The average Bonchev–Trinajstić information content (AvgIpc) is 2.52. The van der Waals surface area contributed by atoms with Crippen molar-refractivity contribution in [2.24, 2.45) is 0 Å². The highest BCUT2D eigenvalue weighted by molar-refractivity contribution is 5.46. The van der Waals surface area contributed by atoms with Gasteiger partial charge in [-0.3, -0.25) is 0 Å². The van der Waals surface area contributed by atoms with Crippen LogP contribution in [0.25, 0.3) is 0 Å². The van der Waals surface area contributed by atoms with Crippen molar-refractivity contribution in [3.05, 3.63) is 48.2 Å². The van der Waals surface area contributed by atoms with E-state index in [2.05, 4.69) is 17.2 Å². The van der Waals surface area contributed by atoms with Crippen molar-refractivity contribution in [2.45, 2.75) is 19.9 Å². The standard InChI is InChI=1S/C16H20N2O2/c1-3-10-20-15-7-5-14(6-8-15)17-11-13-4-9-16(19-2)18-12-13/h4-9,12,17H,3,10-11H2,1-2H3. The fourth-order valence-electron chi connectivity index (χ4n) is 1.73. The molecule has 0 amide bonds. The van der Waals surface area contributed by atoms with Gasteiger partial charge in [0.1, 0.15) is 5.75 Å². The van der Waals surface area contributed by atoms with E-state index in [1.54, 1.807) is 7.11 Å². The van der Waals surface area contributed by atoms with Crippen molar-refractivity contribution < 1.29 is 9.47 Å². The van der Waals surface area contributed by atoms with Gasteiger partial charge in [-0.2, -0.15) is 0 Å². The molecule has 1 heterocycles. The molecule has 0 bridgehead atoms. The Hall–Kier alpha value is -2.23. The highest BCUT2D eigenvalue weighted by atomic mass is 16.5. The van der Waals surface area contributed by atoms with Gasteiger partial charge < -0.3 is 14.8 Å². The number of nitrogens with zero attached hydrogens (tertiary/aromatic N) is 1. The predicted octanol–water partition coefficient (Wildman–Crippen LogP) is 3.49. The Bertz CT molecular complexity index is 509. The molecule has 0 atom stereocenters. The Morgan fingerprint density at radius 2 is 1.90 bits per heavy atom. The van der Waals surface area contributed by atoms with Crippen LogP contribution in [0.5, 0.6) is 11.6 Å². The van der Waals surface area contributed by atoms with E-state index in [9.17, 15) is 0 Å². The molecule has 1 aromatic carbocycles. The molecule has 0 aliphatic heterocycles. The van der Waals surface area contributed by atoms with Crippen LogP contribution >= 0.6 is 0 Å². The predicted molar refractivity (Wildman–Crippen MR) is 80.3 cm³/mol. The fraction of sp³-hybridized carbons (Fsp3) is 0.312. The summed E-state index contributed by atoms with van der Waals surface area (Å²) < 4.78 is 10.6. The Morgan fingerprint density at radius 3 is 2.50 bits per heavy atom. The zero-order valence-electron chi connectivity index (χ0n) is 11.9. The summed E-state index contributed by atoms with van der Waals surface area (Å²) in [7, 11) is 1.61. The van der Waals surface area contributed by atoms with Crippen molar-refractivity contribution >= 4 is 5.69 Å². The summed E-state index contributed by atoms with van der Waals surface area (Å²) in [5.41, 5.74) is 2.17. The van der Waals surface area contributed by atoms with Crippen LogP contribution in [0.3, 0.4) is 0 Å². The lowest BCUT2D eigenvalue weighted by atomic mass is 10.2. The number of hydrogen-bond acceptors (Lipinski definition) is 4. The number of hydrogen-bond donors (Lipinski definition) is 1. The molecule has 0 aliphatic rings. The van der Waals surface area contributed by atoms with Crippen molar-refractivity contribution in [1.82, 2.24) is 4.98 Å². The van der Waals surface area contributed by atoms with E-state index in [4.69, 9.17) is 9.47 Å². The van der Waals surface area contributed by atoms with E-state index < -0.39 is 0 Å². The van der Waals surface area contributed by atoms with Gasteiger partial charge in [0.25, 0.3) is 0 Å². The summed E-state index contributed by atoms with van der Waals surface area (Å²) in [6.07, 6.45) is 2.83. The lowest BCUT2D eigenvalue weighted by Gasteiger charge is -2.08. The summed E-state index contributed by atoms with van der Waals surface area (Å²) >= 11 is 0. The zero-order chi connectivity index (χ0) is 14.2. The molecule has 0 fully saturated rings. The molecule has 106 valence electrons. The van der Waals surface area contributed by atoms with E-state index >= 15 is 0 Å². The normalized spacial score (nSPS) is 10.1. The minimum atomic E-state index is 0.631. The molecule has 0 unspecified atom stereocenters. The van der Waals surface area contributed by atoms with Crippen LogP contribution < -0.4 is 14.8 Å². The van der Waals surface area contributed by atoms with Gasteiger partial charge in [0.15, 0.2) is 0 Å². The molecule has 1 aromatic heterocycles. The van der Waals surface area contributed by atoms with E-state index in [0.29, 0.717) is 5.88 Å². The second kappa shape index (κ2) is 7.38. The SMILES string of the molecule is CCCOc1ccc(NCc2ccc(OC)nc2)cc1. The second-order valence-corrected chi connectivity index (χ2v) is 4.44. The summed E-state index contributed by atoms with van der Waals surface area (Å²) in [6.45, 7) is 3.58. The third kappa shape index (κ3) is 4.16. The van der Waals surface area contributed by atoms with Gasteiger partial charge in [-0.25, -0.2) is 4.98 Å². The molecular formula is C16H20N2O2. The monoisotopic (exact) mass is 272 g/mol. The van der Waals surface area contributed by atoms with Crippen molar-refractivity contribution in [2.75, 3.05) is 19.0 Å². The lowest BCUT2D eigenvalue weighted by molar-refractivity contribution is 0.317. The van der Waals surface area contributed by atoms with Gasteiger partial charge in [0, 0.05) is 24.5 Å². The molecule has 1 N–H and O–H groups in total. The number of pyridine rings is 1. The number of rotatable bonds is 7. The topological polar surface area (TPSA) is 43.4 Å². The van der Waals surface area contributed by atoms with E-state index in [1.165, 1.54) is 0 Å². The van der Waals surface area contributed by atoms with Crippen molar-refractivity contribution in [1.29, 1.82) is 0 Å². The van der Waals surface area contributed by atoms with Crippen LogP contribution in [0.2, 0.25) is 0 Å². The Morgan fingerprint density at radius 1 is 1.10 bits per heavy atom. The van der Waals surface area contributed by atoms with Crippen molar-refractivity contribution in [3.8, 4) is 11.6 Å². The first-order chi connectivity index (χ1) is 9.81. The molecule has 0 saturated heterocycles. The summed E-state index contributed by atoms with van der Waals surface area (Å²) in [5.74, 6) is 1.54.